The number of nitrogens with two attached hydrogens (primary N) is 1. The molecule has 1 saturated heterocycles. The van der Waals surface area contributed by atoms with Crippen molar-refractivity contribution in [1.82, 2.24) is 5.32 Å². The first-order chi connectivity index (χ1) is 13.0. The Morgan fingerprint density at radius 2 is 1.74 bits per heavy atom. The van der Waals surface area contributed by atoms with Crippen LogP contribution < -0.4 is 11.1 Å². The number of ether oxygens (including phenoxy) is 4. The second-order valence-electron chi connectivity index (χ2n) is 5.92. The van der Waals surface area contributed by atoms with Crippen LogP contribution in [0.15, 0.2) is 0 Å². The summed E-state index contributed by atoms with van der Waals surface area (Å²) in [5.41, 5.74) is 4.91. The molecule has 4 unspecified atom stereocenters. The zero-order valence-electron chi connectivity index (χ0n) is 15.7. The molecule has 10 nitrogen and oxygen atoms in total. The van der Waals surface area contributed by atoms with Crippen molar-refractivity contribution in [2.24, 2.45) is 11.7 Å². The van der Waals surface area contributed by atoms with Gasteiger partial charge in [0.25, 0.3) is 0 Å². The molecule has 1 aliphatic rings. The van der Waals surface area contributed by atoms with Crippen molar-refractivity contribution < 1.29 is 37.7 Å². The van der Waals surface area contributed by atoms with Crippen molar-refractivity contribution in [1.29, 1.82) is 0 Å². The Kier molecular flexibility index (Phi) is 14.0. The molecule has 0 aromatic carbocycles. The molecule has 2 amide bonds. The lowest BCUT2D eigenvalue weighted by atomic mass is 9.92. The maximum atomic E-state index is 10.4. The summed E-state index contributed by atoms with van der Waals surface area (Å²) in [4.78, 5) is 20.1. The molecule has 0 aromatic heterocycles. The standard InChI is InChI=1S/C15H30BN2O8P/c1-12-10-14(16)26-13(12)11-25-27(20)24-9-8-23-7-6-22-5-4-21-3-2-18-15(17)19/h12-14,20H,2-11H2,1H3,(H3,17,18,19). The molecular weight excluding hydrogens is 378 g/mol. The van der Waals surface area contributed by atoms with Crippen LogP contribution in [0.5, 0.6) is 0 Å². The van der Waals surface area contributed by atoms with E-state index < -0.39 is 14.6 Å². The number of rotatable bonds is 16. The van der Waals surface area contributed by atoms with Gasteiger partial charge in [-0.3, -0.25) is 0 Å². The summed E-state index contributed by atoms with van der Waals surface area (Å²) < 4.78 is 31.7. The summed E-state index contributed by atoms with van der Waals surface area (Å²) in [5.74, 6) is 0.295. The lowest BCUT2D eigenvalue weighted by molar-refractivity contribution is 0.00645. The van der Waals surface area contributed by atoms with Gasteiger partial charge in [0.2, 0.25) is 0 Å². The topological polar surface area (TPSA) is 131 Å². The first-order valence-electron chi connectivity index (χ1n) is 8.91. The van der Waals surface area contributed by atoms with E-state index >= 15 is 0 Å². The minimum absolute atomic E-state index is 0.113. The molecule has 0 bridgehead atoms. The third-order valence-electron chi connectivity index (χ3n) is 3.66. The van der Waals surface area contributed by atoms with Gasteiger partial charge in [-0.2, -0.15) is 0 Å². The van der Waals surface area contributed by atoms with Crippen LogP contribution in [0.3, 0.4) is 0 Å². The van der Waals surface area contributed by atoms with Crippen molar-refractivity contribution in [3.8, 4) is 0 Å². The van der Waals surface area contributed by atoms with Gasteiger partial charge < -0.3 is 43.9 Å². The number of carbonyl (C=O) groups excluding carboxylic acids is 1. The monoisotopic (exact) mass is 408 g/mol. The van der Waals surface area contributed by atoms with E-state index in [1.807, 2.05) is 6.92 Å². The van der Waals surface area contributed by atoms with E-state index in [1.165, 1.54) is 0 Å². The van der Waals surface area contributed by atoms with Gasteiger partial charge in [-0.25, -0.2) is 4.79 Å². The summed E-state index contributed by atoms with van der Waals surface area (Å²) in [5, 5.41) is 2.41. The van der Waals surface area contributed by atoms with Crippen molar-refractivity contribution in [2.45, 2.75) is 25.5 Å². The lowest BCUT2D eigenvalue weighted by Crippen LogP contribution is -2.32. The summed E-state index contributed by atoms with van der Waals surface area (Å²) in [6.45, 7) is 5.26. The van der Waals surface area contributed by atoms with Gasteiger partial charge in [-0.1, -0.05) is 6.92 Å². The van der Waals surface area contributed by atoms with Crippen molar-refractivity contribution in [3.63, 3.8) is 0 Å². The number of carbonyl (C=O) groups is 1. The summed E-state index contributed by atoms with van der Waals surface area (Å²) in [6, 6.07) is -0.834. The number of hydrogen-bond acceptors (Lipinski definition) is 8. The van der Waals surface area contributed by atoms with E-state index in [9.17, 15) is 9.69 Å². The van der Waals surface area contributed by atoms with E-state index in [2.05, 4.69) is 5.32 Å². The molecule has 0 saturated carbocycles. The fourth-order valence-electron chi connectivity index (χ4n) is 2.27. The quantitative estimate of drug-likeness (QED) is 0.183. The second-order valence-corrected chi connectivity index (χ2v) is 6.91. The summed E-state index contributed by atoms with van der Waals surface area (Å²) in [7, 11) is 3.74. The largest absolute Gasteiger partial charge is 0.382 e. The molecule has 1 heterocycles. The zero-order valence-corrected chi connectivity index (χ0v) is 16.6. The molecule has 0 aliphatic carbocycles. The molecule has 4 N–H and O–H groups in total. The van der Waals surface area contributed by atoms with Gasteiger partial charge in [-0.15, -0.1) is 0 Å². The fourth-order valence-corrected chi connectivity index (χ4v) is 2.85. The van der Waals surface area contributed by atoms with E-state index in [1.54, 1.807) is 0 Å². The smallest absolute Gasteiger partial charge is 0.330 e. The maximum Gasteiger partial charge on any atom is 0.330 e. The minimum Gasteiger partial charge on any atom is -0.382 e. The Labute approximate surface area is 162 Å². The third-order valence-corrected chi connectivity index (χ3v) is 4.43. The number of amides is 2. The van der Waals surface area contributed by atoms with Crippen molar-refractivity contribution in [3.05, 3.63) is 0 Å². The van der Waals surface area contributed by atoms with E-state index in [0.717, 1.165) is 6.42 Å². The van der Waals surface area contributed by atoms with Crippen LogP contribution in [0.4, 0.5) is 4.79 Å². The molecule has 1 rings (SSSR count). The van der Waals surface area contributed by atoms with Crippen LogP contribution in [-0.4, -0.2) is 90.3 Å². The molecular formula is C15H30BN2O8P. The Morgan fingerprint density at radius 3 is 2.30 bits per heavy atom. The van der Waals surface area contributed by atoms with E-state index in [-0.39, 0.29) is 25.3 Å². The van der Waals surface area contributed by atoms with Gasteiger partial charge in [0.1, 0.15) is 7.85 Å². The molecule has 0 spiro atoms. The number of primary amides is 1. The average molecular weight is 408 g/mol. The molecule has 2 radical (unpaired) electrons. The van der Waals surface area contributed by atoms with Crippen LogP contribution in [0.1, 0.15) is 13.3 Å². The Hall–Kier alpha value is -0.515. The highest BCUT2D eigenvalue weighted by atomic mass is 31.2. The highest BCUT2D eigenvalue weighted by Gasteiger charge is 2.30. The van der Waals surface area contributed by atoms with Crippen LogP contribution in [0.2, 0.25) is 0 Å². The summed E-state index contributed by atoms with van der Waals surface area (Å²) in [6.07, 6.45) is 0.671. The van der Waals surface area contributed by atoms with E-state index in [4.69, 9.17) is 41.6 Å². The fraction of sp³-hybridized carbons (Fsp3) is 0.933. The molecule has 1 fully saturated rings. The van der Waals surface area contributed by atoms with Gasteiger partial charge in [-0.05, 0) is 12.3 Å². The molecule has 4 atom stereocenters. The highest BCUT2D eigenvalue weighted by molar-refractivity contribution is 7.40. The van der Waals surface area contributed by atoms with Crippen molar-refractivity contribution in [2.75, 3.05) is 59.4 Å². The van der Waals surface area contributed by atoms with Crippen LogP contribution in [0.25, 0.3) is 0 Å². The number of urea groups is 1. The molecule has 12 heteroatoms. The minimum atomic E-state index is -1.95. The van der Waals surface area contributed by atoms with Crippen molar-refractivity contribution >= 4 is 22.5 Å². The summed E-state index contributed by atoms with van der Waals surface area (Å²) >= 11 is 0. The predicted molar refractivity (Wildman–Crippen MR) is 99.3 cm³/mol. The molecule has 0 aromatic rings. The molecule has 156 valence electrons. The highest BCUT2D eigenvalue weighted by Crippen LogP contribution is 2.35. The van der Waals surface area contributed by atoms with E-state index in [0.29, 0.717) is 52.1 Å². The maximum absolute atomic E-state index is 10.4. The predicted octanol–water partition coefficient (Wildman–Crippen LogP) is -0.123. The number of nitrogens with one attached hydrogen (secondary N) is 1. The Morgan fingerprint density at radius 1 is 1.15 bits per heavy atom. The lowest BCUT2D eigenvalue weighted by Gasteiger charge is -2.17. The molecule has 27 heavy (non-hydrogen) atoms. The van der Waals surface area contributed by atoms with Gasteiger partial charge in [0.05, 0.1) is 59.0 Å². The number of hydrogen-bond donors (Lipinski definition) is 3. The van der Waals surface area contributed by atoms with Crippen LogP contribution in [0, 0.1) is 5.92 Å². The van der Waals surface area contributed by atoms with Crippen LogP contribution in [-0.2, 0) is 28.0 Å². The average Bonchev–Trinajstić information content (AvgIpc) is 2.94. The van der Waals surface area contributed by atoms with Gasteiger partial charge >= 0.3 is 14.6 Å². The Bertz CT molecular complexity index is 399. The first kappa shape index (κ1) is 24.5. The Balaban J connectivity index is 1.80. The van der Waals surface area contributed by atoms with Gasteiger partial charge in [0.15, 0.2) is 0 Å². The van der Waals surface area contributed by atoms with Crippen LogP contribution >= 0.6 is 8.60 Å². The zero-order chi connectivity index (χ0) is 19.9. The second kappa shape index (κ2) is 15.4. The first-order valence-corrected chi connectivity index (χ1v) is 10.0. The molecule has 1 aliphatic heterocycles. The van der Waals surface area contributed by atoms with Gasteiger partial charge in [0, 0.05) is 12.5 Å². The third kappa shape index (κ3) is 13.3. The SMILES string of the molecule is [B]C1CC(C)C(COP(O)OCCOCCOCCOCCNC(N)=O)O1. The normalized spacial score (nSPS) is 23.4.